The van der Waals surface area contributed by atoms with Crippen molar-refractivity contribution in [2.45, 2.75) is 22.7 Å². The van der Waals surface area contributed by atoms with Crippen molar-refractivity contribution in [3.05, 3.63) is 79.5 Å². The molecular weight excluding hydrogens is 531 g/mol. The maximum Gasteiger partial charge on any atom is 0.328 e. The van der Waals surface area contributed by atoms with Crippen molar-refractivity contribution in [3.8, 4) is 0 Å². The van der Waals surface area contributed by atoms with Crippen molar-refractivity contribution in [3.63, 3.8) is 0 Å². The summed E-state index contributed by atoms with van der Waals surface area (Å²) >= 11 is 7.85. The molecule has 2 aromatic carbocycles. The van der Waals surface area contributed by atoms with E-state index in [4.69, 9.17) is 17.3 Å². The maximum atomic E-state index is 13.2. The van der Waals surface area contributed by atoms with Crippen molar-refractivity contribution in [2.75, 3.05) is 5.32 Å². The van der Waals surface area contributed by atoms with Gasteiger partial charge in [-0.25, -0.2) is 9.18 Å². The Kier molecular flexibility index (Phi) is 6.18. The molecule has 1 saturated heterocycles. The monoisotopic (exact) mass is 546 g/mol. The number of nitrogens with one attached hydrogen (secondary N) is 1. The molecule has 0 aliphatic carbocycles. The van der Waals surface area contributed by atoms with Gasteiger partial charge in [0.05, 0.1) is 10.9 Å². The molecule has 3 unspecified atom stereocenters. The molecule has 0 radical (unpaired) electrons. The number of fused-ring (bicyclic) bond motifs is 2. The molecule has 13 heteroatoms. The summed E-state index contributed by atoms with van der Waals surface area (Å²) in [7, 11) is 0. The molecule has 5 rings (SSSR count). The number of imide groups is 3. The van der Waals surface area contributed by atoms with E-state index in [0.717, 1.165) is 23.1 Å². The molecule has 2 aliphatic heterocycles. The molecule has 0 saturated carbocycles. The van der Waals surface area contributed by atoms with Crippen LogP contribution < -0.4 is 15.9 Å². The molecule has 5 amide bonds. The zero-order chi connectivity index (χ0) is 25.7. The van der Waals surface area contributed by atoms with Crippen LogP contribution in [0.4, 0.5) is 14.9 Å². The highest BCUT2D eigenvalue weighted by Crippen LogP contribution is 2.53. The molecular formula is C23H16ClFN4O5S2. The van der Waals surface area contributed by atoms with E-state index in [2.05, 4.69) is 5.32 Å². The number of hydrogen-bond acceptors (Lipinski definition) is 7. The van der Waals surface area contributed by atoms with Crippen LogP contribution in [0.25, 0.3) is 0 Å². The molecule has 3 aromatic rings. The summed E-state index contributed by atoms with van der Waals surface area (Å²) in [4.78, 5) is 64.2. The Balaban J connectivity index is 1.55. The number of thiazole rings is 1. The Hall–Kier alpha value is -3.48. The summed E-state index contributed by atoms with van der Waals surface area (Å²) in [5, 5.41) is 2.39. The number of nitrogens with zero attached hydrogens (tertiary/aromatic N) is 2. The van der Waals surface area contributed by atoms with Gasteiger partial charge in [0, 0.05) is 21.5 Å². The van der Waals surface area contributed by atoms with Crippen LogP contribution in [0.1, 0.15) is 16.4 Å². The average Bonchev–Trinajstić information content (AvgIpc) is 3.27. The first kappa shape index (κ1) is 24.2. The second-order valence-electron chi connectivity index (χ2n) is 8.12. The predicted octanol–water partition coefficient (Wildman–Crippen LogP) is 3.01. The van der Waals surface area contributed by atoms with Crippen molar-refractivity contribution in [2.24, 2.45) is 11.7 Å². The first-order valence-corrected chi connectivity index (χ1v) is 12.6. The number of halogens is 2. The van der Waals surface area contributed by atoms with Crippen molar-refractivity contribution in [1.29, 1.82) is 0 Å². The average molecular weight is 547 g/mol. The van der Waals surface area contributed by atoms with Gasteiger partial charge in [-0.3, -0.25) is 23.7 Å². The Bertz CT molecular complexity index is 1470. The maximum absolute atomic E-state index is 13.2. The number of rotatable bonds is 4. The number of benzene rings is 2. The van der Waals surface area contributed by atoms with E-state index in [9.17, 15) is 28.4 Å². The third kappa shape index (κ3) is 4.10. The molecule has 0 bridgehead atoms. The number of anilines is 1. The zero-order valence-electron chi connectivity index (χ0n) is 18.1. The van der Waals surface area contributed by atoms with E-state index >= 15 is 0 Å². The number of amides is 5. The number of nitrogens with two attached hydrogens (primary N) is 1. The van der Waals surface area contributed by atoms with E-state index in [0.29, 0.717) is 31.1 Å². The number of primary amides is 1. The van der Waals surface area contributed by atoms with Crippen molar-refractivity contribution >= 4 is 64.1 Å². The molecule has 2 aliphatic rings. The van der Waals surface area contributed by atoms with E-state index < -0.39 is 51.5 Å². The zero-order valence-corrected chi connectivity index (χ0v) is 20.5. The number of hydrogen-bond donors (Lipinski definition) is 2. The van der Waals surface area contributed by atoms with Gasteiger partial charge < -0.3 is 11.1 Å². The third-order valence-electron chi connectivity index (χ3n) is 5.93. The standard InChI is InChI=1S/C23H16ClFN4O5S2/c24-11-3-1-10(2-4-11)15-16-17(20(32)29(19(16)31)22(26)33)35-21-18(15)36-23(34)28(21)9-14(30)27-13-7-5-12(25)6-8-13/h1-8,15-17H,9H2,(H2,26,33)(H,27,30). The largest absolute Gasteiger partial charge is 0.351 e. The van der Waals surface area contributed by atoms with Crippen LogP contribution in [0.2, 0.25) is 5.02 Å². The van der Waals surface area contributed by atoms with Crippen LogP contribution in [0.5, 0.6) is 0 Å². The van der Waals surface area contributed by atoms with Gasteiger partial charge in [0.25, 0.3) is 5.91 Å². The lowest BCUT2D eigenvalue weighted by Gasteiger charge is -2.30. The Morgan fingerprint density at radius 2 is 1.69 bits per heavy atom. The summed E-state index contributed by atoms with van der Waals surface area (Å²) in [5.74, 6) is -4.21. The quantitative estimate of drug-likeness (QED) is 0.484. The van der Waals surface area contributed by atoms with Crippen LogP contribution in [-0.2, 0) is 20.9 Å². The number of aromatic nitrogens is 1. The highest BCUT2D eigenvalue weighted by molar-refractivity contribution is 8.00. The number of likely N-dealkylation sites (tertiary alicyclic amines) is 1. The number of carbonyl (C=O) groups is 4. The highest BCUT2D eigenvalue weighted by Gasteiger charge is 2.57. The van der Waals surface area contributed by atoms with Crippen LogP contribution >= 0.6 is 34.7 Å². The van der Waals surface area contributed by atoms with Gasteiger partial charge in [-0.2, -0.15) is 4.90 Å². The van der Waals surface area contributed by atoms with Crippen molar-refractivity contribution < 1.29 is 23.6 Å². The van der Waals surface area contributed by atoms with E-state index in [1.54, 1.807) is 24.3 Å². The highest BCUT2D eigenvalue weighted by atomic mass is 35.5. The number of urea groups is 1. The fourth-order valence-corrected chi connectivity index (χ4v) is 7.28. The van der Waals surface area contributed by atoms with Gasteiger partial charge in [0.1, 0.15) is 17.6 Å². The van der Waals surface area contributed by atoms with Crippen LogP contribution in [-0.4, -0.2) is 38.5 Å². The normalized spacial score (nSPS) is 20.7. The summed E-state index contributed by atoms with van der Waals surface area (Å²) in [6, 6.07) is 10.6. The van der Waals surface area contributed by atoms with Gasteiger partial charge in [0.15, 0.2) is 0 Å². The smallest absolute Gasteiger partial charge is 0.328 e. The molecule has 3 atom stereocenters. The fourth-order valence-electron chi connectivity index (χ4n) is 4.38. The molecule has 36 heavy (non-hydrogen) atoms. The van der Waals surface area contributed by atoms with Crippen molar-refractivity contribution in [1.82, 2.24) is 9.47 Å². The fraction of sp³-hybridized carbons (Fsp3) is 0.174. The lowest BCUT2D eigenvalue weighted by molar-refractivity contribution is -0.135. The molecule has 9 nitrogen and oxygen atoms in total. The minimum Gasteiger partial charge on any atom is -0.351 e. The topological polar surface area (TPSA) is 132 Å². The first-order chi connectivity index (χ1) is 17.2. The molecule has 3 N–H and O–H groups in total. The lowest BCUT2D eigenvalue weighted by Crippen LogP contribution is -2.41. The molecule has 0 spiro atoms. The Labute approximate surface area is 216 Å². The second kappa shape index (κ2) is 9.19. The van der Waals surface area contributed by atoms with Gasteiger partial charge in [-0.15, -0.1) is 0 Å². The summed E-state index contributed by atoms with van der Waals surface area (Å²) in [6.07, 6.45) is 0. The second-order valence-corrected chi connectivity index (χ2v) is 10.7. The van der Waals surface area contributed by atoms with Crippen LogP contribution in [0.15, 0.2) is 58.4 Å². The molecule has 1 aromatic heterocycles. The minimum atomic E-state index is -1.17. The van der Waals surface area contributed by atoms with E-state index in [-0.39, 0.29) is 6.54 Å². The summed E-state index contributed by atoms with van der Waals surface area (Å²) in [6.45, 7) is -0.374. The van der Waals surface area contributed by atoms with Gasteiger partial charge in [-0.05, 0) is 42.0 Å². The summed E-state index contributed by atoms with van der Waals surface area (Å²) in [5.41, 5.74) is 6.27. The SMILES string of the molecule is NC(=O)N1C(=O)C2Sc3c(sc(=O)n3CC(=O)Nc3ccc(F)cc3)C(c3ccc(Cl)cc3)C2C1=O. The number of carbonyl (C=O) groups excluding carboxylic acids is 4. The first-order valence-electron chi connectivity index (χ1n) is 10.5. The van der Waals surface area contributed by atoms with Crippen LogP contribution in [0, 0.1) is 11.7 Å². The summed E-state index contributed by atoms with van der Waals surface area (Å²) < 4.78 is 14.4. The molecule has 184 valence electrons. The Morgan fingerprint density at radius 3 is 2.33 bits per heavy atom. The lowest BCUT2D eigenvalue weighted by atomic mass is 9.83. The molecule has 1 fully saturated rings. The van der Waals surface area contributed by atoms with Gasteiger partial charge >= 0.3 is 10.9 Å². The Morgan fingerprint density at radius 1 is 1.03 bits per heavy atom. The van der Waals surface area contributed by atoms with Crippen LogP contribution in [0.3, 0.4) is 0 Å². The number of thioether (sulfide) groups is 1. The van der Waals surface area contributed by atoms with Gasteiger partial charge in [0.2, 0.25) is 11.8 Å². The third-order valence-corrected chi connectivity index (χ3v) is 8.78. The van der Waals surface area contributed by atoms with E-state index in [1.165, 1.54) is 28.8 Å². The van der Waals surface area contributed by atoms with E-state index in [1.807, 2.05) is 0 Å². The molecule has 3 heterocycles. The minimum absolute atomic E-state index is 0.346. The predicted molar refractivity (Wildman–Crippen MR) is 131 cm³/mol. The van der Waals surface area contributed by atoms with Gasteiger partial charge in [-0.1, -0.05) is 46.8 Å².